The smallest absolute Gasteiger partial charge is 0.211 e. The number of aliphatic imine (C=N–C) groups is 1. The molecular formula is C19H16N10. The molecule has 0 bridgehead atoms. The number of fused-ring (bicyclic) bond motifs is 1. The first-order valence-electron chi connectivity index (χ1n) is 8.66. The Bertz CT molecular complexity index is 1180. The number of hydrogen-bond acceptors (Lipinski definition) is 9. The van der Waals surface area contributed by atoms with Crippen molar-refractivity contribution in [2.75, 3.05) is 16.8 Å². The Morgan fingerprint density at radius 1 is 1.24 bits per heavy atom. The van der Waals surface area contributed by atoms with Gasteiger partial charge in [-0.1, -0.05) is 24.3 Å². The molecule has 4 rings (SSSR count). The van der Waals surface area contributed by atoms with Gasteiger partial charge in [0.1, 0.15) is 29.3 Å². The van der Waals surface area contributed by atoms with Crippen LogP contribution < -0.4 is 22.1 Å². The van der Waals surface area contributed by atoms with E-state index in [-0.39, 0.29) is 23.0 Å². The fourth-order valence-electron chi connectivity index (χ4n) is 3.26. The maximum atomic E-state index is 9.41. The largest absolute Gasteiger partial charge is 0.397 e. The Morgan fingerprint density at radius 2 is 2.10 bits per heavy atom. The summed E-state index contributed by atoms with van der Waals surface area (Å²) in [6.45, 7) is 0.588. The number of nitrogen functional groups attached to an aromatic ring is 2. The highest BCUT2D eigenvalue weighted by atomic mass is 15.3. The van der Waals surface area contributed by atoms with Crippen LogP contribution in [0.4, 0.5) is 17.3 Å². The minimum absolute atomic E-state index is 0.0145. The third kappa shape index (κ3) is 3.26. The predicted molar refractivity (Wildman–Crippen MR) is 107 cm³/mol. The highest BCUT2D eigenvalue weighted by molar-refractivity contribution is 5.98. The number of nitriles is 2. The number of rotatable bonds is 3. The summed E-state index contributed by atoms with van der Waals surface area (Å²) in [6, 6.07) is 11.1. The maximum Gasteiger partial charge on any atom is 0.211 e. The molecule has 6 N–H and O–H groups in total. The summed E-state index contributed by atoms with van der Waals surface area (Å²) in [5.74, 6) is 0.591. The topological polar surface area (TPSA) is 167 Å². The van der Waals surface area contributed by atoms with E-state index in [1.807, 2.05) is 53.5 Å². The van der Waals surface area contributed by atoms with Crippen LogP contribution in [0, 0.1) is 22.8 Å². The minimum atomic E-state index is -0.570. The predicted octanol–water partition coefficient (Wildman–Crippen LogP) is 1.30. The van der Waals surface area contributed by atoms with Crippen LogP contribution in [0.2, 0.25) is 0 Å². The molecule has 1 aliphatic heterocycles. The summed E-state index contributed by atoms with van der Waals surface area (Å²) in [7, 11) is 0. The Balaban J connectivity index is 1.83. The summed E-state index contributed by atoms with van der Waals surface area (Å²) in [5, 5.41) is 28.0. The van der Waals surface area contributed by atoms with Crippen LogP contribution in [-0.2, 0) is 6.54 Å². The molecular weight excluding hydrogens is 368 g/mol. The van der Waals surface area contributed by atoms with Crippen molar-refractivity contribution in [2.24, 2.45) is 4.99 Å². The second-order valence-electron chi connectivity index (χ2n) is 6.35. The molecule has 2 aromatic heterocycles. The monoisotopic (exact) mass is 384 g/mol. The lowest BCUT2D eigenvalue weighted by Gasteiger charge is -2.26. The van der Waals surface area contributed by atoms with Crippen LogP contribution in [0.25, 0.3) is 0 Å². The van der Waals surface area contributed by atoms with Crippen molar-refractivity contribution in [3.63, 3.8) is 0 Å². The summed E-state index contributed by atoms with van der Waals surface area (Å²) in [6.07, 6.45) is 5.43. The molecule has 0 spiro atoms. The molecule has 1 aromatic carbocycles. The van der Waals surface area contributed by atoms with E-state index in [1.54, 1.807) is 6.20 Å². The second-order valence-corrected chi connectivity index (χ2v) is 6.35. The van der Waals surface area contributed by atoms with E-state index in [0.29, 0.717) is 17.9 Å². The molecule has 0 amide bonds. The Hall–Kier alpha value is -4.57. The van der Waals surface area contributed by atoms with Crippen molar-refractivity contribution < 1.29 is 0 Å². The molecule has 10 nitrogen and oxygen atoms in total. The van der Waals surface area contributed by atoms with Gasteiger partial charge < -0.3 is 16.8 Å². The Labute approximate surface area is 166 Å². The number of pyridine rings is 1. The van der Waals surface area contributed by atoms with E-state index in [4.69, 9.17) is 16.7 Å². The second kappa shape index (κ2) is 7.21. The first-order chi connectivity index (χ1) is 14.1. The van der Waals surface area contributed by atoms with Crippen LogP contribution in [0.15, 0.2) is 47.7 Å². The average molecular weight is 384 g/mol. The molecule has 142 valence electrons. The van der Waals surface area contributed by atoms with E-state index in [9.17, 15) is 5.26 Å². The van der Waals surface area contributed by atoms with Crippen molar-refractivity contribution in [1.29, 1.82) is 10.5 Å². The zero-order chi connectivity index (χ0) is 20.4. The van der Waals surface area contributed by atoms with Crippen LogP contribution in [0.3, 0.4) is 0 Å². The van der Waals surface area contributed by atoms with Gasteiger partial charge in [-0.2, -0.15) is 15.6 Å². The average Bonchev–Trinajstić information content (AvgIpc) is 3.21. The molecule has 0 aliphatic carbocycles. The highest BCUT2D eigenvalue weighted by Crippen LogP contribution is 2.40. The maximum absolute atomic E-state index is 9.41. The van der Waals surface area contributed by atoms with Gasteiger partial charge in [-0.3, -0.25) is 10.00 Å². The van der Waals surface area contributed by atoms with Gasteiger partial charge in [0.05, 0.1) is 12.2 Å². The number of benzene rings is 1. The molecule has 3 heterocycles. The number of guanidine groups is 1. The SMILES string of the molecule is N#CNC1=NC(c2cccc(Cn3cccn3)c2)c2c(nc(N)c(C#N)c2N)N1. The van der Waals surface area contributed by atoms with Crippen molar-refractivity contribution >= 4 is 23.3 Å². The first-order valence-corrected chi connectivity index (χ1v) is 8.66. The van der Waals surface area contributed by atoms with Gasteiger partial charge in [0.15, 0.2) is 6.19 Å². The van der Waals surface area contributed by atoms with Crippen molar-refractivity contribution in [2.45, 2.75) is 12.6 Å². The lowest BCUT2D eigenvalue weighted by Crippen LogP contribution is -2.32. The van der Waals surface area contributed by atoms with Gasteiger partial charge in [0.2, 0.25) is 5.96 Å². The van der Waals surface area contributed by atoms with Gasteiger partial charge >= 0.3 is 0 Å². The molecule has 10 heteroatoms. The van der Waals surface area contributed by atoms with Crippen LogP contribution in [0.5, 0.6) is 0 Å². The highest BCUT2D eigenvalue weighted by Gasteiger charge is 2.29. The standard InChI is InChI=1S/C19H16N10/c20-8-13-15(22)14-16(26-19(24-10-21)28-18(14)27-17(13)23)12-4-1-3-11(7-12)9-29-6-2-5-25-29/h1-7,16H,9H2,(H6,22,23,24,26,27,28). The van der Waals surface area contributed by atoms with Gasteiger partial charge in [-0.25, -0.2) is 9.98 Å². The number of anilines is 3. The number of aromatic nitrogens is 3. The van der Waals surface area contributed by atoms with Gasteiger partial charge in [0, 0.05) is 18.0 Å². The van der Waals surface area contributed by atoms with Crippen molar-refractivity contribution in [1.82, 2.24) is 20.1 Å². The summed E-state index contributed by atoms with van der Waals surface area (Å²) in [4.78, 5) is 8.82. The van der Waals surface area contributed by atoms with Gasteiger partial charge in [-0.05, 0) is 17.2 Å². The zero-order valence-electron chi connectivity index (χ0n) is 15.2. The lowest BCUT2D eigenvalue weighted by atomic mass is 9.94. The van der Waals surface area contributed by atoms with E-state index < -0.39 is 6.04 Å². The van der Waals surface area contributed by atoms with Crippen LogP contribution in [0.1, 0.15) is 28.3 Å². The summed E-state index contributed by atoms with van der Waals surface area (Å²) in [5.41, 5.74) is 14.8. The van der Waals surface area contributed by atoms with E-state index in [1.165, 1.54) is 0 Å². The number of hydrogen-bond donors (Lipinski definition) is 4. The minimum Gasteiger partial charge on any atom is -0.397 e. The van der Waals surface area contributed by atoms with E-state index >= 15 is 0 Å². The molecule has 0 radical (unpaired) electrons. The third-order valence-electron chi connectivity index (χ3n) is 4.53. The molecule has 0 saturated heterocycles. The molecule has 0 saturated carbocycles. The molecule has 1 unspecified atom stereocenters. The quantitative estimate of drug-likeness (QED) is 0.387. The molecule has 29 heavy (non-hydrogen) atoms. The lowest BCUT2D eigenvalue weighted by molar-refractivity contribution is 0.685. The first kappa shape index (κ1) is 17.8. The van der Waals surface area contributed by atoms with Crippen LogP contribution >= 0.6 is 0 Å². The molecule has 1 aliphatic rings. The summed E-state index contributed by atoms with van der Waals surface area (Å²) < 4.78 is 1.81. The normalized spacial score (nSPS) is 14.7. The van der Waals surface area contributed by atoms with Crippen LogP contribution in [-0.4, -0.2) is 20.7 Å². The Kier molecular flexibility index (Phi) is 4.43. The van der Waals surface area contributed by atoms with Gasteiger partial charge in [0.25, 0.3) is 0 Å². The molecule has 1 atom stereocenters. The zero-order valence-corrected chi connectivity index (χ0v) is 15.2. The van der Waals surface area contributed by atoms with E-state index in [0.717, 1.165) is 11.1 Å². The number of nitrogens with zero attached hydrogens (tertiary/aromatic N) is 6. The van der Waals surface area contributed by atoms with Crippen molar-refractivity contribution in [3.8, 4) is 12.3 Å². The summed E-state index contributed by atoms with van der Waals surface area (Å²) >= 11 is 0. The number of nitrogens with two attached hydrogens (primary N) is 2. The molecule has 3 aromatic rings. The third-order valence-corrected chi connectivity index (χ3v) is 4.53. The van der Waals surface area contributed by atoms with E-state index in [2.05, 4.69) is 25.7 Å². The fraction of sp³-hybridized carbons (Fsp3) is 0.105. The molecule has 0 fully saturated rings. The Morgan fingerprint density at radius 3 is 2.83 bits per heavy atom. The fourth-order valence-corrected chi connectivity index (χ4v) is 3.26. The number of nitrogens with one attached hydrogen (secondary N) is 2. The van der Waals surface area contributed by atoms with Gasteiger partial charge in [-0.15, -0.1) is 0 Å². The van der Waals surface area contributed by atoms with Crippen molar-refractivity contribution in [3.05, 3.63) is 65.0 Å².